The van der Waals surface area contributed by atoms with Crippen LogP contribution in [0.25, 0.3) is 6.08 Å². The maximum atomic E-state index is 10.9. The number of carbonyl (C=O) groups is 1. The van der Waals surface area contributed by atoms with E-state index in [-0.39, 0.29) is 12.1 Å². The third-order valence-electron chi connectivity index (χ3n) is 2.06. The fourth-order valence-corrected chi connectivity index (χ4v) is 1.25. The quantitative estimate of drug-likeness (QED) is 0.558. The second-order valence-corrected chi connectivity index (χ2v) is 3.50. The molecule has 0 fully saturated rings. The van der Waals surface area contributed by atoms with Crippen molar-refractivity contribution in [3.63, 3.8) is 0 Å². The Labute approximate surface area is 96.2 Å². The molecular weight excluding hydrogens is 200 g/mol. The van der Waals surface area contributed by atoms with Gasteiger partial charge in [0.1, 0.15) is 6.10 Å². The predicted octanol–water partition coefficient (Wildman–Crippen LogP) is 3.21. The average molecular weight is 216 g/mol. The van der Waals surface area contributed by atoms with Crippen LogP contribution in [0, 0.1) is 0 Å². The average Bonchev–Trinajstić information content (AvgIpc) is 2.30. The van der Waals surface area contributed by atoms with Crippen LogP contribution in [0.3, 0.4) is 0 Å². The highest BCUT2D eigenvalue weighted by atomic mass is 16.5. The van der Waals surface area contributed by atoms with Gasteiger partial charge in [-0.25, -0.2) is 4.79 Å². The second kappa shape index (κ2) is 6.62. The molecule has 0 N–H and O–H groups in total. The number of hydrogen-bond acceptors (Lipinski definition) is 2. The van der Waals surface area contributed by atoms with Crippen molar-refractivity contribution in [1.82, 2.24) is 0 Å². The van der Waals surface area contributed by atoms with Crippen LogP contribution in [-0.4, -0.2) is 12.1 Å². The van der Waals surface area contributed by atoms with Crippen LogP contribution >= 0.6 is 0 Å². The van der Waals surface area contributed by atoms with Crippen LogP contribution in [0.1, 0.15) is 18.9 Å². The Morgan fingerprint density at radius 3 is 2.75 bits per heavy atom. The summed E-state index contributed by atoms with van der Waals surface area (Å²) >= 11 is 0. The van der Waals surface area contributed by atoms with Crippen LogP contribution in [-0.2, 0) is 9.53 Å². The molecule has 0 aliphatic heterocycles. The molecule has 0 saturated carbocycles. The Hall–Kier alpha value is -1.83. The van der Waals surface area contributed by atoms with Gasteiger partial charge in [-0.1, -0.05) is 49.1 Å². The number of benzene rings is 1. The molecule has 0 heterocycles. The highest BCUT2D eigenvalue weighted by molar-refractivity contribution is 5.81. The second-order valence-electron chi connectivity index (χ2n) is 3.50. The molecule has 2 nitrogen and oxygen atoms in total. The monoisotopic (exact) mass is 216 g/mol. The summed E-state index contributed by atoms with van der Waals surface area (Å²) in [7, 11) is 0. The van der Waals surface area contributed by atoms with E-state index in [4.69, 9.17) is 4.74 Å². The minimum absolute atomic E-state index is 0.120. The molecule has 1 aromatic rings. The molecular formula is C14H16O2. The largest absolute Gasteiger partial charge is 0.459 e. The summed E-state index contributed by atoms with van der Waals surface area (Å²) in [6.45, 7) is 5.21. The molecule has 1 unspecified atom stereocenters. The van der Waals surface area contributed by atoms with Gasteiger partial charge in [0, 0.05) is 12.5 Å². The van der Waals surface area contributed by atoms with Gasteiger partial charge in [-0.3, -0.25) is 0 Å². The molecule has 1 atom stereocenters. The van der Waals surface area contributed by atoms with Crippen LogP contribution in [0.15, 0.2) is 49.1 Å². The van der Waals surface area contributed by atoms with Crippen molar-refractivity contribution < 1.29 is 9.53 Å². The molecule has 0 aliphatic rings. The lowest BCUT2D eigenvalue weighted by Gasteiger charge is -2.08. The van der Waals surface area contributed by atoms with Crippen molar-refractivity contribution in [1.29, 1.82) is 0 Å². The molecule has 2 heteroatoms. The van der Waals surface area contributed by atoms with E-state index < -0.39 is 0 Å². The zero-order valence-corrected chi connectivity index (χ0v) is 9.43. The molecule has 16 heavy (non-hydrogen) atoms. The van der Waals surface area contributed by atoms with Crippen molar-refractivity contribution in [2.75, 3.05) is 0 Å². The van der Waals surface area contributed by atoms with Crippen molar-refractivity contribution in [3.8, 4) is 0 Å². The standard InChI is InChI=1S/C14H16O2/c1-3-14(15)16-12(2)8-7-11-13-9-5-4-6-10-13/h3-7,9-12H,1,8H2,2H3. The molecule has 0 aromatic heterocycles. The lowest BCUT2D eigenvalue weighted by atomic mass is 10.2. The first-order valence-electron chi connectivity index (χ1n) is 5.27. The van der Waals surface area contributed by atoms with Crippen LogP contribution in [0.4, 0.5) is 0 Å². The summed E-state index contributed by atoms with van der Waals surface area (Å²) in [5.74, 6) is -0.374. The van der Waals surface area contributed by atoms with Gasteiger partial charge in [0.2, 0.25) is 0 Å². The predicted molar refractivity (Wildman–Crippen MR) is 65.8 cm³/mol. The van der Waals surface area contributed by atoms with Gasteiger partial charge < -0.3 is 4.74 Å². The van der Waals surface area contributed by atoms with Crippen LogP contribution in [0.5, 0.6) is 0 Å². The molecule has 1 aromatic carbocycles. The van der Waals surface area contributed by atoms with Crippen molar-refractivity contribution >= 4 is 12.0 Å². The first-order chi connectivity index (χ1) is 7.72. The van der Waals surface area contributed by atoms with Gasteiger partial charge in [0.15, 0.2) is 0 Å². The topological polar surface area (TPSA) is 26.3 Å². The van der Waals surface area contributed by atoms with E-state index in [0.29, 0.717) is 6.42 Å². The Morgan fingerprint density at radius 1 is 1.44 bits per heavy atom. The zero-order chi connectivity index (χ0) is 11.8. The molecule has 0 bridgehead atoms. The van der Waals surface area contributed by atoms with Gasteiger partial charge in [0.05, 0.1) is 0 Å². The molecule has 84 valence electrons. The van der Waals surface area contributed by atoms with Crippen LogP contribution in [0.2, 0.25) is 0 Å². The fourth-order valence-electron chi connectivity index (χ4n) is 1.25. The SMILES string of the molecule is C=CC(=O)OC(C)CC=Cc1ccccc1. The number of esters is 1. The normalized spacial score (nSPS) is 12.3. The third-order valence-corrected chi connectivity index (χ3v) is 2.06. The maximum Gasteiger partial charge on any atom is 0.330 e. The van der Waals surface area contributed by atoms with Gasteiger partial charge in [-0.15, -0.1) is 0 Å². The lowest BCUT2D eigenvalue weighted by Crippen LogP contribution is -2.11. The van der Waals surface area contributed by atoms with Crippen molar-refractivity contribution in [2.45, 2.75) is 19.4 Å². The minimum Gasteiger partial charge on any atom is -0.459 e. The fraction of sp³-hybridized carbons (Fsp3) is 0.214. The number of carbonyl (C=O) groups excluding carboxylic acids is 1. The zero-order valence-electron chi connectivity index (χ0n) is 9.43. The number of rotatable bonds is 5. The maximum absolute atomic E-state index is 10.9. The van der Waals surface area contributed by atoms with Gasteiger partial charge >= 0.3 is 5.97 Å². The lowest BCUT2D eigenvalue weighted by molar-refractivity contribution is -0.141. The number of hydrogen-bond donors (Lipinski definition) is 0. The van der Waals surface area contributed by atoms with E-state index in [9.17, 15) is 4.79 Å². The first kappa shape index (κ1) is 12.2. The minimum atomic E-state index is -0.374. The molecule has 0 saturated heterocycles. The van der Waals surface area contributed by atoms with Crippen molar-refractivity contribution in [3.05, 3.63) is 54.6 Å². The Kier molecular flexibility index (Phi) is 5.06. The van der Waals surface area contributed by atoms with Gasteiger partial charge in [0.25, 0.3) is 0 Å². The van der Waals surface area contributed by atoms with E-state index in [1.807, 2.05) is 49.4 Å². The third kappa shape index (κ3) is 4.60. The van der Waals surface area contributed by atoms with Crippen LogP contribution < -0.4 is 0 Å². The molecule has 0 spiro atoms. The first-order valence-corrected chi connectivity index (χ1v) is 5.27. The summed E-state index contributed by atoms with van der Waals surface area (Å²) in [4.78, 5) is 10.9. The van der Waals surface area contributed by atoms with Crippen molar-refractivity contribution in [2.24, 2.45) is 0 Å². The molecule has 0 amide bonds. The number of ether oxygens (including phenoxy) is 1. The Morgan fingerprint density at radius 2 is 2.12 bits per heavy atom. The van der Waals surface area contributed by atoms with Gasteiger partial charge in [-0.05, 0) is 12.5 Å². The summed E-state index contributed by atoms with van der Waals surface area (Å²) in [5.41, 5.74) is 1.14. The van der Waals surface area contributed by atoms with E-state index in [0.717, 1.165) is 5.56 Å². The smallest absolute Gasteiger partial charge is 0.330 e. The highest BCUT2D eigenvalue weighted by Gasteiger charge is 2.03. The summed E-state index contributed by atoms with van der Waals surface area (Å²) < 4.78 is 5.03. The molecule has 0 aliphatic carbocycles. The molecule has 0 radical (unpaired) electrons. The summed E-state index contributed by atoms with van der Waals surface area (Å²) in [6.07, 6.45) is 5.77. The Balaban J connectivity index is 2.37. The van der Waals surface area contributed by atoms with E-state index in [1.54, 1.807) is 0 Å². The highest BCUT2D eigenvalue weighted by Crippen LogP contribution is 2.05. The molecule has 1 rings (SSSR count). The summed E-state index contributed by atoms with van der Waals surface area (Å²) in [5, 5.41) is 0. The van der Waals surface area contributed by atoms with E-state index in [1.165, 1.54) is 6.08 Å². The summed E-state index contributed by atoms with van der Waals surface area (Å²) in [6, 6.07) is 10.0. The van der Waals surface area contributed by atoms with Gasteiger partial charge in [-0.2, -0.15) is 0 Å². The van der Waals surface area contributed by atoms with E-state index in [2.05, 4.69) is 6.58 Å². The Bertz CT molecular complexity index is 366. The van der Waals surface area contributed by atoms with E-state index >= 15 is 0 Å².